The van der Waals surface area contributed by atoms with Gasteiger partial charge in [0.25, 0.3) is 0 Å². The Morgan fingerprint density at radius 2 is 2.15 bits per heavy atom. The number of carboxylic acids is 1. The number of imidazole rings is 1. The molecular weight excluding hydrogens is 293 g/mol. The molecule has 0 fully saturated rings. The number of thioether (sulfide) groups is 1. The van der Waals surface area contributed by atoms with Gasteiger partial charge in [-0.2, -0.15) is 24.9 Å². The van der Waals surface area contributed by atoms with Gasteiger partial charge in [0.2, 0.25) is 5.82 Å². The maximum absolute atomic E-state index is 13.0. The van der Waals surface area contributed by atoms with Crippen molar-refractivity contribution in [2.75, 3.05) is 12.0 Å². The van der Waals surface area contributed by atoms with Crippen LogP contribution in [0, 0.1) is 0 Å². The van der Waals surface area contributed by atoms with Gasteiger partial charge in [-0.1, -0.05) is 0 Å². The zero-order valence-electron chi connectivity index (χ0n) is 10.4. The topological polar surface area (TPSA) is 55.1 Å². The van der Waals surface area contributed by atoms with E-state index in [2.05, 4.69) is 4.98 Å². The van der Waals surface area contributed by atoms with Gasteiger partial charge in [0.05, 0.1) is 16.6 Å². The van der Waals surface area contributed by atoms with E-state index in [1.54, 1.807) is 6.26 Å². The Hall–Kier alpha value is -1.70. The zero-order valence-corrected chi connectivity index (χ0v) is 11.3. The number of aromatic carboxylic acids is 1. The van der Waals surface area contributed by atoms with Crippen LogP contribution in [0.2, 0.25) is 0 Å². The molecule has 0 unspecified atom stereocenters. The largest absolute Gasteiger partial charge is 0.478 e. The van der Waals surface area contributed by atoms with Crippen molar-refractivity contribution in [3.05, 3.63) is 29.6 Å². The fourth-order valence-corrected chi connectivity index (χ4v) is 2.25. The summed E-state index contributed by atoms with van der Waals surface area (Å²) in [6.07, 6.45) is -2.78. The van der Waals surface area contributed by atoms with Crippen LogP contribution < -0.4 is 0 Å². The summed E-state index contributed by atoms with van der Waals surface area (Å²) in [7, 11) is 0. The molecule has 0 aliphatic carbocycles. The molecule has 1 aromatic heterocycles. The number of hydrogen-bond donors (Lipinski definition) is 1. The number of nitrogens with zero attached hydrogens (tertiary/aromatic N) is 2. The van der Waals surface area contributed by atoms with Crippen LogP contribution in [0.4, 0.5) is 13.2 Å². The number of carbonyl (C=O) groups is 1. The first-order chi connectivity index (χ1) is 9.34. The average molecular weight is 304 g/mol. The van der Waals surface area contributed by atoms with Crippen LogP contribution in [-0.4, -0.2) is 32.6 Å². The van der Waals surface area contributed by atoms with Crippen molar-refractivity contribution in [3.8, 4) is 0 Å². The smallest absolute Gasteiger partial charge is 0.449 e. The number of fused-ring (bicyclic) bond motifs is 1. The maximum atomic E-state index is 13.0. The summed E-state index contributed by atoms with van der Waals surface area (Å²) < 4.78 is 39.9. The van der Waals surface area contributed by atoms with Crippen LogP contribution in [-0.2, 0) is 12.7 Å². The number of aromatic nitrogens is 2. The van der Waals surface area contributed by atoms with Gasteiger partial charge in [-0.15, -0.1) is 0 Å². The molecule has 0 spiro atoms. The summed E-state index contributed by atoms with van der Waals surface area (Å²) >= 11 is 1.41. The molecule has 2 aromatic rings. The van der Waals surface area contributed by atoms with Gasteiger partial charge in [0, 0.05) is 12.3 Å². The van der Waals surface area contributed by atoms with E-state index in [-0.39, 0.29) is 23.1 Å². The Balaban J connectivity index is 2.65. The molecule has 0 radical (unpaired) electrons. The first-order valence-electron chi connectivity index (χ1n) is 5.64. The molecule has 1 heterocycles. The lowest BCUT2D eigenvalue weighted by Gasteiger charge is -2.10. The predicted molar refractivity (Wildman–Crippen MR) is 70.1 cm³/mol. The number of benzene rings is 1. The molecule has 4 nitrogen and oxygen atoms in total. The number of hydrogen-bond acceptors (Lipinski definition) is 3. The minimum absolute atomic E-state index is 0.0588. The van der Waals surface area contributed by atoms with Gasteiger partial charge < -0.3 is 9.67 Å². The molecule has 0 atom stereocenters. The molecule has 0 saturated heterocycles. The molecule has 0 amide bonds. The quantitative estimate of drug-likeness (QED) is 0.943. The third-order valence-electron chi connectivity index (χ3n) is 2.77. The third-order valence-corrected chi connectivity index (χ3v) is 3.36. The first-order valence-corrected chi connectivity index (χ1v) is 7.03. The molecular formula is C12H11F3N2O2S. The van der Waals surface area contributed by atoms with E-state index in [0.29, 0.717) is 5.75 Å². The Bertz CT molecular complexity index is 652. The van der Waals surface area contributed by atoms with Crippen LogP contribution in [0.5, 0.6) is 0 Å². The van der Waals surface area contributed by atoms with E-state index in [0.717, 1.165) is 4.57 Å². The van der Waals surface area contributed by atoms with Crippen LogP contribution in [0.3, 0.4) is 0 Å². The van der Waals surface area contributed by atoms with Crippen LogP contribution >= 0.6 is 11.8 Å². The minimum atomic E-state index is -4.57. The van der Waals surface area contributed by atoms with Gasteiger partial charge >= 0.3 is 12.1 Å². The van der Waals surface area contributed by atoms with Gasteiger partial charge in [-0.25, -0.2) is 9.78 Å². The first kappa shape index (κ1) is 14.7. The van der Waals surface area contributed by atoms with E-state index in [1.807, 2.05) is 0 Å². The molecule has 0 bridgehead atoms. The second-order valence-electron chi connectivity index (χ2n) is 4.09. The van der Waals surface area contributed by atoms with Crippen LogP contribution in [0.25, 0.3) is 11.0 Å². The van der Waals surface area contributed by atoms with Crippen molar-refractivity contribution in [2.45, 2.75) is 12.7 Å². The lowest BCUT2D eigenvalue weighted by atomic mass is 10.2. The van der Waals surface area contributed by atoms with E-state index < -0.39 is 18.0 Å². The number of carboxylic acid groups (broad SMARTS) is 1. The van der Waals surface area contributed by atoms with Gasteiger partial charge in [0.15, 0.2) is 0 Å². The van der Waals surface area contributed by atoms with Crippen molar-refractivity contribution in [3.63, 3.8) is 0 Å². The van der Waals surface area contributed by atoms with Crippen LogP contribution in [0.1, 0.15) is 16.2 Å². The lowest BCUT2D eigenvalue weighted by Crippen LogP contribution is -2.16. The summed E-state index contributed by atoms with van der Waals surface area (Å²) in [4.78, 5) is 14.5. The Morgan fingerprint density at radius 3 is 2.70 bits per heavy atom. The van der Waals surface area contributed by atoms with E-state index in [4.69, 9.17) is 5.11 Å². The zero-order chi connectivity index (χ0) is 14.9. The highest BCUT2D eigenvalue weighted by Gasteiger charge is 2.37. The lowest BCUT2D eigenvalue weighted by molar-refractivity contribution is -0.146. The second kappa shape index (κ2) is 5.35. The normalized spacial score (nSPS) is 12.0. The molecule has 1 aromatic carbocycles. The predicted octanol–water partition coefficient (Wildman–Crippen LogP) is 3.12. The van der Waals surface area contributed by atoms with E-state index in [1.165, 1.54) is 30.0 Å². The highest BCUT2D eigenvalue weighted by Crippen LogP contribution is 2.32. The maximum Gasteiger partial charge on any atom is 0.449 e. The van der Waals surface area contributed by atoms with Gasteiger partial charge in [0.1, 0.15) is 0 Å². The monoisotopic (exact) mass is 304 g/mol. The number of alkyl halides is 3. The van der Waals surface area contributed by atoms with Gasteiger partial charge in [-0.05, 0) is 24.5 Å². The highest BCUT2D eigenvalue weighted by molar-refractivity contribution is 7.98. The van der Waals surface area contributed by atoms with Crippen molar-refractivity contribution in [1.29, 1.82) is 0 Å². The molecule has 1 N–H and O–H groups in total. The Kier molecular flexibility index (Phi) is 3.94. The molecule has 0 aliphatic rings. The molecule has 108 valence electrons. The van der Waals surface area contributed by atoms with E-state index >= 15 is 0 Å². The van der Waals surface area contributed by atoms with Gasteiger partial charge in [-0.3, -0.25) is 0 Å². The van der Waals surface area contributed by atoms with Crippen LogP contribution in [0.15, 0.2) is 18.2 Å². The van der Waals surface area contributed by atoms with Crippen molar-refractivity contribution in [2.24, 2.45) is 0 Å². The molecule has 0 saturated carbocycles. The van der Waals surface area contributed by atoms with Crippen molar-refractivity contribution in [1.82, 2.24) is 9.55 Å². The summed E-state index contributed by atoms with van der Waals surface area (Å²) in [5.41, 5.74) is 0.270. The van der Waals surface area contributed by atoms with Crippen molar-refractivity contribution < 1.29 is 23.1 Å². The Morgan fingerprint density at radius 1 is 1.45 bits per heavy atom. The summed E-state index contributed by atoms with van der Waals surface area (Å²) in [5, 5.41) is 8.92. The molecule has 0 aliphatic heterocycles. The second-order valence-corrected chi connectivity index (χ2v) is 5.07. The molecule has 20 heavy (non-hydrogen) atoms. The fraction of sp³-hybridized carbons (Fsp3) is 0.333. The highest BCUT2D eigenvalue weighted by atomic mass is 32.2. The van der Waals surface area contributed by atoms with E-state index in [9.17, 15) is 18.0 Å². The van der Waals surface area contributed by atoms with Crippen molar-refractivity contribution >= 4 is 28.8 Å². The average Bonchev–Trinajstić information content (AvgIpc) is 2.73. The molecule has 8 heteroatoms. The molecule has 2 rings (SSSR count). The summed E-state index contributed by atoms with van der Waals surface area (Å²) in [5.74, 6) is -1.70. The fourth-order valence-electron chi connectivity index (χ4n) is 1.88. The minimum Gasteiger partial charge on any atom is -0.478 e. The number of halogens is 3. The Labute approximate surface area is 116 Å². The number of aryl methyl sites for hydroxylation is 1. The summed E-state index contributed by atoms with van der Waals surface area (Å²) in [6.45, 7) is 0.121. The number of rotatable bonds is 4. The third kappa shape index (κ3) is 2.74. The standard InChI is InChI=1S/C12H11F3N2O2S/c1-20-5-4-17-9-6-7(10(18)19)2-3-8(9)16-11(17)12(13,14)15/h2-3,6H,4-5H2,1H3,(H,18,19). The summed E-state index contributed by atoms with van der Waals surface area (Å²) in [6, 6.07) is 3.76. The SMILES string of the molecule is CSCCn1c(C(F)(F)F)nc2ccc(C(=O)O)cc21.